The summed E-state index contributed by atoms with van der Waals surface area (Å²) in [6, 6.07) is 8.85. The van der Waals surface area contributed by atoms with Gasteiger partial charge in [0.05, 0.1) is 22.7 Å². The maximum atomic E-state index is 17.2. The van der Waals surface area contributed by atoms with E-state index in [1.54, 1.807) is 12.1 Å². The number of piperidine rings is 1. The van der Waals surface area contributed by atoms with Crippen LogP contribution in [0.1, 0.15) is 91.5 Å². The number of hydrogen-bond acceptors (Lipinski definition) is 6. The molecule has 0 spiro atoms. The van der Waals surface area contributed by atoms with Crippen LogP contribution in [0.4, 0.5) is 14.6 Å². The van der Waals surface area contributed by atoms with E-state index in [2.05, 4.69) is 57.9 Å². The monoisotopic (exact) mass is 684 g/mol. The number of hydrogen-bond donors (Lipinski definition) is 1. The number of nitrogens with zero attached hydrogens (tertiary/aromatic N) is 4. The second-order valence-electron chi connectivity index (χ2n) is 15.0. The third-order valence-corrected chi connectivity index (χ3v) is 18.6. The summed E-state index contributed by atoms with van der Waals surface area (Å²) in [5, 5.41) is 14.2. The van der Waals surface area contributed by atoms with Crippen LogP contribution in [-0.4, -0.2) is 46.5 Å². The lowest BCUT2D eigenvalue weighted by Gasteiger charge is -2.40. The lowest BCUT2D eigenvalue weighted by atomic mass is 9.87. The zero-order chi connectivity index (χ0) is 34.1. The summed E-state index contributed by atoms with van der Waals surface area (Å²) in [6.07, 6.45) is 3.06. The first kappa shape index (κ1) is 33.4. The van der Waals surface area contributed by atoms with Crippen LogP contribution < -0.4 is 4.90 Å². The van der Waals surface area contributed by atoms with E-state index in [4.69, 9.17) is 15.0 Å². The Kier molecular flexibility index (Phi) is 8.83. The number of aromatic nitrogens is 3. The summed E-state index contributed by atoms with van der Waals surface area (Å²) in [5.74, 6) is 4.81. The van der Waals surface area contributed by atoms with Gasteiger partial charge in [-0.1, -0.05) is 90.4 Å². The van der Waals surface area contributed by atoms with E-state index in [1.807, 2.05) is 19.1 Å². The highest BCUT2D eigenvalue weighted by atomic mass is 32.2. The molecule has 9 heteroatoms. The Labute approximate surface area is 288 Å². The zero-order valence-corrected chi connectivity index (χ0v) is 30.9. The fraction of sp³-hybridized carbons (Fsp3) is 0.513. The molecular weight excluding hydrogens is 639 g/mol. The van der Waals surface area contributed by atoms with Crippen LogP contribution in [0.15, 0.2) is 35.5 Å². The molecule has 2 aliphatic heterocycles. The number of pyridine rings is 1. The second-order valence-corrected chi connectivity index (χ2v) is 21.8. The summed E-state index contributed by atoms with van der Waals surface area (Å²) >= 11 is 1.48. The van der Waals surface area contributed by atoms with E-state index in [0.717, 1.165) is 30.5 Å². The van der Waals surface area contributed by atoms with E-state index < -0.39 is 25.8 Å². The highest BCUT2D eigenvalue weighted by Gasteiger charge is 2.45. The Morgan fingerprint density at radius 1 is 0.958 bits per heavy atom. The predicted octanol–water partition coefficient (Wildman–Crippen LogP) is 9.85. The van der Waals surface area contributed by atoms with Gasteiger partial charge < -0.3 is 10.0 Å². The van der Waals surface area contributed by atoms with Crippen molar-refractivity contribution in [1.82, 2.24) is 15.0 Å². The van der Waals surface area contributed by atoms with Gasteiger partial charge in [-0.25, -0.2) is 23.7 Å². The van der Waals surface area contributed by atoms with Crippen molar-refractivity contribution in [3.05, 3.63) is 53.2 Å². The van der Waals surface area contributed by atoms with Crippen LogP contribution in [0, 0.1) is 34.9 Å². The fourth-order valence-corrected chi connectivity index (χ4v) is 15.2. The molecule has 252 valence electrons. The molecule has 5 nitrogen and oxygen atoms in total. The average molecular weight is 685 g/mol. The molecule has 1 aliphatic carbocycles. The first-order valence-corrected chi connectivity index (χ1v) is 20.9. The van der Waals surface area contributed by atoms with Crippen molar-refractivity contribution < 1.29 is 13.9 Å². The summed E-state index contributed by atoms with van der Waals surface area (Å²) in [5.41, 5.74) is 6.17. The highest BCUT2D eigenvalue weighted by Crippen LogP contribution is 2.50. The molecule has 2 aromatic carbocycles. The van der Waals surface area contributed by atoms with E-state index in [0.29, 0.717) is 67.9 Å². The van der Waals surface area contributed by atoms with Crippen LogP contribution in [-0.2, 0) is 0 Å². The Morgan fingerprint density at radius 2 is 1.71 bits per heavy atom. The third-order valence-electron chi connectivity index (χ3n) is 11.6. The number of halogens is 2. The Bertz CT molecular complexity index is 1950. The number of aliphatic hydroxyl groups excluding tert-OH is 1. The van der Waals surface area contributed by atoms with Gasteiger partial charge in [0.1, 0.15) is 30.9 Å². The second kappa shape index (κ2) is 12.7. The summed E-state index contributed by atoms with van der Waals surface area (Å²) in [4.78, 5) is 17.0. The molecule has 1 saturated heterocycles. The molecule has 2 fully saturated rings. The number of thioether (sulfide) groups is 1. The first-order valence-electron chi connectivity index (χ1n) is 17.7. The topological polar surface area (TPSA) is 62.1 Å². The number of rotatable bonds is 6. The molecular formula is C39H46F2N4OSSi. The molecule has 2 bridgehead atoms. The average Bonchev–Trinajstić information content (AvgIpc) is 3.39. The van der Waals surface area contributed by atoms with Crippen molar-refractivity contribution in [2.45, 2.75) is 108 Å². The van der Waals surface area contributed by atoms with Gasteiger partial charge in [0, 0.05) is 23.5 Å². The van der Waals surface area contributed by atoms with Gasteiger partial charge in [0.15, 0.2) is 11.0 Å². The van der Waals surface area contributed by atoms with Crippen LogP contribution in [0.25, 0.3) is 32.9 Å². The lowest BCUT2D eigenvalue weighted by molar-refractivity contribution is 0.138. The third kappa shape index (κ3) is 5.25. The number of fused-ring (bicyclic) bond motifs is 6. The molecule has 4 heterocycles. The molecule has 3 aliphatic rings. The van der Waals surface area contributed by atoms with Gasteiger partial charge in [0.2, 0.25) is 0 Å². The van der Waals surface area contributed by atoms with Crippen molar-refractivity contribution in [2.24, 2.45) is 11.8 Å². The van der Waals surface area contributed by atoms with Gasteiger partial charge in [-0.3, -0.25) is 0 Å². The quantitative estimate of drug-likeness (QED) is 0.0945. The summed E-state index contributed by atoms with van der Waals surface area (Å²) < 4.78 is 33.2. The smallest absolute Gasteiger partial charge is 0.190 e. The van der Waals surface area contributed by atoms with Crippen molar-refractivity contribution in [2.75, 3.05) is 17.2 Å². The standard InChI is InChI=1S/C39H46F2N4OSSi/c1-8-47-39-43-37-33-36(31(46)19-30-26-13-12-24(18-26)20-45(30)38(33)44-39)42-35(34(37)41)28-11-9-10-25-14-15-29(40)27(32(25)28)16-17-48(21(2)3,22(4)5)23(6)7/h9-11,14-15,21-24,26,30-31,46H,8,12-13,18-20H2,1-7H3/t24-,26+,30+,31+/m0/s1. The van der Waals surface area contributed by atoms with E-state index in [-0.39, 0.29) is 22.8 Å². The molecule has 2 aromatic heterocycles. The molecule has 1 saturated carbocycles. The summed E-state index contributed by atoms with van der Waals surface area (Å²) in [6.45, 7) is 16.3. The molecule has 1 N–H and O–H groups in total. The Hall–Kier alpha value is -3.06. The van der Waals surface area contributed by atoms with Crippen molar-refractivity contribution in [1.29, 1.82) is 0 Å². The normalized spacial score (nSPS) is 22.1. The largest absolute Gasteiger partial charge is 0.387 e. The molecule has 4 aromatic rings. The minimum atomic E-state index is -2.20. The fourth-order valence-electron chi connectivity index (χ4n) is 9.46. The van der Waals surface area contributed by atoms with Gasteiger partial charge in [0.25, 0.3) is 0 Å². The molecule has 4 atom stereocenters. The van der Waals surface area contributed by atoms with Gasteiger partial charge >= 0.3 is 0 Å². The minimum Gasteiger partial charge on any atom is -0.387 e. The predicted molar refractivity (Wildman–Crippen MR) is 196 cm³/mol. The maximum Gasteiger partial charge on any atom is 0.190 e. The van der Waals surface area contributed by atoms with Gasteiger partial charge in [-0.15, -0.1) is 5.54 Å². The van der Waals surface area contributed by atoms with Crippen LogP contribution in [0.2, 0.25) is 16.6 Å². The van der Waals surface area contributed by atoms with Crippen molar-refractivity contribution >= 4 is 47.3 Å². The van der Waals surface area contributed by atoms with Gasteiger partial charge in [-0.05, 0) is 71.3 Å². The van der Waals surface area contributed by atoms with E-state index in [1.165, 1.54) is 24.2 Å². The molecule has 0 unspecified atom stereocenters. The number of aliphatic hydroxyl groups is 1. The molecule has 7 rings (SSSR count). The Balaban J connectivity index is 1.50. The van der Waals surface area contributed by atoms with Crippen molar-refractivity contribution in [3.63, 3.8) is 0 Å². The number of anilines is 1. The zero-order valence-electron chi connectivity index (χ0n) is 29.1. The SMILES string of the molecule is CCSc1nc2c3c(nc(-c4cccc5ccc(F)c(C#C[Si](C(C)C)(C(C)C)C(C)C)c45)c(F)c3n1)[C@H](O)C[C@@H]1[C@@H]3CC[C@@H](C3)CN21. The van der Waals surface area contributed by atoms with Gasteiger partial charge in [-0.2, -0.15) is 0 Å². The number of benzene rings is 2. The van der Waals surface area contributed by atoms with Crippen molar-refractivity contribution in [3.8, 4) is 22.7 Å². The highest BCUT2D eigenvalue weighted by molar-refractivity contribution is 7.99. The van der Waals surface area contributed by atoms with E-state index >= 15 is 8.78 Å². The maximum absolute atomic E-state index is 17.2. The lowest BCUT2D eigenvalue weighted by Crippen LogP contribution is -2.46. The van der Waals surface area contributed by atoms with Crippen LogP contribution in [0.5, 0.6) is 0 Å². The first-order chi connectivity index (χ1) is 23.0. The molecule has 48 heavy (non-hydrogen) atoms. The van der Waals surface area contributed by atoms with E-state index in [9.17, 15) is 5.11 Å². The van der Waals surface area contributed by atoms with Crippen LogP contribution >= 0.6 is 11.8 Å². The molecule has 0 radical (unpaired) electrons. The summed E-state index contributed by atoms with van der Waals surface area (Å²) in [7, 11) is -2.20. The molecule has 0 amide bonds. The minimum absolute atomic E-state index is 0.0642. The van der Waals surface area contributed by atoms with Crippen LogP contribution in [0.3, 0.4) is 0 Å². The Morgan fingerprint density at radius 3 is 2.42 bits per heavy atom.